The van der Waals surface area contributed by atoms with Crippen LogP contribution >= 0.6 is 0 Å². The van der Waals surface area contributed by atoms with E-state index in [1.165, 1.54) is 6.42 Å². The highest BCUT2D eigenvalue weighted by Crippen LogP contribution is 2.31. The minimum absolute atomic E-state index is 0.157. The van der Waals surface area contributed by atoms with Gasteiger partial charge >= 0.3 is 0 Å². The van der Waals surface area contributed by atoms with E-state index >= 15 is 0 Å². The lowest BCUT2D eigenvalue weighted by Gasteiger charge is -2.39. The normalized spacial score (nSPS) is 31.0. The molecule has 0 aliphatic carbocycles. The molecule has 1 aliphatic rings. The van der Waals surface area contributed by atoms with E-state index in [9.17, 15) is 5.11 Å². The van der Waals surface area contributed by atoms with Crippen molar-refractivity contribution in [2.24, 2.45) is 0 Å². The van der Waals surface area contributed by atoms with Crippen LogP contribution in [0.5, 0.6) is 0 Å². The number of terminal acetylenes is 1. The number of hydrogen-bond donors (Lipinski definition) is 1. The van der Waals surface area contributed by atoms with E-state index in [1.807, 2.05) is 5.70 Å². The van der Waals surface area contributed by atoms with Crippen LogP contribution in [0.1, 0.15) is 32.6 Å². The van der Waals surface area contributed by atoms with Crippen LogP contribution < -0.4 is 0 Å². The Bertz CT molecular complexity index is 259. The molecule has 1 aliphatic heterocycles. The van der Waals surface area contributed by atoms with Crippen molar-refractivity contribution in [1.29, 1.82) is 0 Å². The molecular formula is C12H20O2Si. The van der Waals surface area contributed by atoms with Crippen molar-refractivity contribution in [3.05, 3.63) is 12.3 Å². The van der Waals surface area contributed by atoms with Crippen LogP contribution in [-0.2, 0) is 4.74 Å². The number of rotatable bonds is 4. The molecule has 1 rings (SSSR count). The summed E-state index contributed by atoms with van der Waals surface area (Å²) in [6.07, 6.45) is 9.16. The zero-order valence-electron chi connectivity index (χ0n) is 9.46. The van der Waals surface area contributed by atoms with Crippen molar-refractivity contribution < 1.29 is 9.84 Å². The minimum atomic E-state index is -1.05. The van der Waals surface area contributed by atoms with Crippen molar-refractivity contribution in [2.45, 2.75) is 43.4 Å². The molecule has 0 aromatic carbocycles. The first kappa shape index (κ1) is 12.5. The fourth-order valence-corrected chi connectivity index (χ4v) is 4.10. The summed E-state index contributed by atoms with van der Waals surface area (Å²) < 4.78 is 5.88. The summed E-state index contributed by atoms with van der Waals surface area (Å²) in [6, 6.07) is 0. The van der Waals surface area contributed by atoms with Gasteiger partial charge < -0.3 is 9.84 Å². The minimum Gasteiger partial charge on any atom is -0.379 e. The molecule has 1 saturated heterocycles. The molecule has 1 heterocycles. The lowest BCUT2D eigenvalue weighted by Crippen LogP contribution is -2.47. The molecule has 0 saturated carbocycles. The van der Waals surface area contributed by atoms with Gasteiger partial charge in [-0.25, -0.2) is 0 Å². The van der Waals surface area contributed by atoms with Crippen LogP contribution in [0.4, 0.5) is 0 Å². The summed E-state index contributed by atoms with van der Waals surface area (Å²) >= 11 is 0. The SMILES string of the molecule is C#CC(C)(O)CC1([SiH2]C=C)CCCCO1. The lowest BCUT2D eigenvalue weighted by atomic mass is 9.94. The van der Waals surface area contributed by atoms with E-state index in [0.29, 0.717) is 6.42 Å². The van der Waals surface area contributed by atoms with Crippen molar-refractivity contribution in [3.63, 3.8) is 0 Å². The highest BCUT2D eigenvalue weighted by atomic mass is 28.2. The van der Waals surface area contributed by atoms with Crippen LogP contribution in [0.15, 0.2) is 12.3 Å². The van der Waals surface area contributed by atoms with E-state index in [2.05, 4.69) is 12.5 Å². The smallest absolute Gasteiger partial charge is 0.124 e. The Balaban J connectivity index is 2.72. The van der Waals surface area contributed by atoms with Crippen LogP contribution in [0.25, 0.3) is 0 Å². The first-order chi connectivity index (χ1) is 7.04. The summed E-state index contributed by atoms with van der Waals surface area (Å²) in [5.74, 6) is 2.44. The second kappa shape index (κ2) is 4.98. The highest BCUT2D eigenvalue weighted by molar-refractivity contribution is 6.45. The molecule has 0 aromatic rings. The standard InChI is InChI=1S/C12H20O2Si/c1-4-11(3,13)10-12(15-5-2)8-6-7-9-14-12/h1,5,13H,2,6-10,15H2,3H3. The summed E-state index contributed by atoms with van der Waals surface area (Å²) in [5.41, 5.74) is 0.936. The number of ether oxygens (including phenoxy) is 1. The third kappa shape index (κ3) is 3.49. The molecule has 15 heavy (non-hydrogen) atoms. The fraction of sp³-hybridized carbons (Fsp3) is 0.667. The van der Waals surface area contributed by atoms with E-state index in [0.717, 1.165) is 19.4 Å². The highest BCUT2D eigenvalue weighted by Gasteiger charge is 2.38. The predicted molar refractivity (Wildman–Crippen MR) is 65.3 cm³/mol. The number of aliphatic hydroxyl groups is 1. The molecular weight excluding hydrogens is 204 g/mol. The maximum absolute atomic E-state index is 9.94. The summed E-state index contributed by atoms with van der Waals surface area (Å²) in [6.45, 7) is 6.28. The van der Waals surface area contributed by atoms with Crippen LogP contribution in [0, 0.1) is 12.3 Å². The van der Waals surface area contributed by atoms with Gasteiger partial charge in [0.05, 0.1) is 14.7 Å². The van der Waals surface area contributed by atoms with E-state index in [-0.39, 0.29) is 5.22 Å². The molecule has 84 valence electrons. The van der Waals surface area contributed by atoms with Crippen LogP contribution in [0.2, 0.25) is 0 Å². The second-order valence-electron chi connectivity index (χ2n) is 4.58. The molecule has 0 bridgehead atoms. The van der Waals surface area contributed by atoms with Gasteiger partial charge in [-0.15, -0.1) is 18.7 Å². The third-order valence-corrected chi connectivity index (χ3v) is 4.77. The van der Waals surface area contributed by atoms with Gasteiger partial charge in [0.15, 0.2) is 0 Å². The Morgan fingerprint density at radius 3 is 2.93 bits per heavy atom. The Labute approximate surface area is 94.5 Å². The van der Waals surface area contributed by atoms with Gasteiger partial charge in [0, 0.05) is 13.0 Å². The zero-order valence-corrected chi connectivity index (χ0v) is 10.9. The van der Waals surface area contributed by atoms with Gasteiger partial charge in [-0.2, -0.15) is 0 Å². The van der Waals surface area contributed by atoms with Gasteiger partial charge in [0.25, 0.3) is 0 Å². The first-order valence-electron chi connectivity index (χ1n) is 5.49. The molecule has 2 nitrogen and oxygen atoms in total. The van der Waals surface area contributed by atoms with Crippen molar-refractivity contribution in [3.8, 4) is 12.3 Å². The number of hydrogen-bond acceptors (Lipinski definition) is 2. The molecule has 1 N–H and O–H groups in total. The topological polar surface area (TPSA) is 29.5 Å². The summed E-state index contributed by atoms with van der Waals surface area (Å²) in [4.78, 5) is 0. The van der Waals surface area contributed by atoms with Crippen LogP contribution in [-0.4, -0.2) is 32.1 Å². The van der Waals surface area contributed by atoms with Gasteiger partial charge in [-0.3, -0.25) is 0 Å². The van der Waals surface area contributed by atoms with E-state index in [4.69, 9.17) is 11.2 Å². The largest absolute Gasteiger partial charge is 0.379 e. The summed E-state index contributed by atoms with van der Waals surface area (Å²) in [5, 5.41) is 9.78. The van der Waals surface area contributed by atoms with E-state index < -0.39 is 15.1 Å². The maximum atomic E-state index is 9.94. The summed E-state index contributed by atoms with van der Waals surface area (Å²) in [7, 11) is -0.534. The quantitative estimate of drug-likeness (QED) is 0.569. The molecule has 0 aromatic heterocycles. The Kier molecular flexibility index (Phi) is 4.15. The Morgan fingerprint density at radius 1 is 1.73 bits per heavy atom. The van der Waals surface area contributed by atoms with E-state index in [1.54, 1.807) is 6.92 Å². The predicted octanol–water partition coefficient (Wildman–Crippen LogP) is 0.970. The molecule has 0 radical (unpaired) electrons. The lowest BCUT2D eigenvalue weighted by molar-refractivity contribution is -0.0590. The molecule has 0 spiro atoms. The zero-order chi connectivity index (χ0) is 11.4. The van der Waals surface area contributed by atoms with Crippen molar-refractivity contribution >= 4 is 9.52 Å². The maximum Gasteiger partial charge on any atom is 0.124 e. The van der Waals surface area contributed by atoms with Gasteiger partial charge in [0.2, 0.25) is 0 Å². The second-order valence-corrected chi connectivity index (χ2v) is 6.85. The van der Waals surface area contributed by atoms with Crippen molar-refractivity contribution in [2.75, 3.05) is 6.61 Å². The van der Waals surface area contributed by atoms with Crippen LogP contribution in [0.3, 0.4) is 0 Å². The van der Waals surface area contributed by atoms with Crippen molar-refractivity contribution in [1.82, 2.24) is 0 Å². The van der Waals surface area contributed by atoms with Gasteiger partial charge in [-0.1, -0.05) is 5.92 Å². The average Bonchev–Trinajstić information content (AvgIpc) is 2.18. The monoisotopic (exact) mass is 224 g/mol. The Morgan fingerprint density at radius 2 is 2.47 bits per heavy atom. The fourth-order valence-electron chi connectivity index (χ4n) is 2.22. The Hall–Kier alpha value is -0.563. The molecule has 2 atom stereocenters. The average molecular weight is 224 g/mol. The molecule has 0 amide bonds. The van der Waals surface area contributed by atoms with Gasteiger partial charge in [-0.05, 0) is 26.2 Å². The van der Waals surface area contributed by atoms with Gasteiger partial charge in [0.1, 0.15) is 5.60 Å². The first-order valence-corrected chi connectivity index (χ1v) is 7.01. The molecule has 3 heteroatoms. The third-order valence-electron chi connectivity index (χ3n) is 2.93. The molecule has 1 fully saturated rings. The molecule has 2 unspecified atom stereocenters.